The first kappa shape index (κ1) is 8.02. The maximum absolute atomic E-state index is 9.40. The van der Waals surface area contributed by atoms with Gasteiger partial charge in [0.2, 0.25) is 0 Å². The molecule has 1 saturated heterocycles. The summed E-state index contributed by atoms with van der Waals surface area (Å²) in [4.78, 5) is 0. The summed E-state index contributed by atoms with van der Waals surface area (Å²) in [5.74, 6) is 0.402. The third-order valence-electron chi connectivity index (χ3n) is 2.16. The Morgan fingerprint density at radius 1 is 1.70 bits per heavy atom. The molecule has 1 aliphatic rings. The van der Waals surface area contributed by atoms with Gasteiger partial charge in [-0.15, -0.1) is 0 Å². The van der Waals surface area contributed by atoms with Crippen molar-refractivity contribution in [3.05, 3.63) is 0 Å². The molecule has 0 radical (unpaired) electrons. The molecule has 0 aromatic rings. The third kappa shape index (κ3) is 1.96. The van der Waals surface area contributed by atoms with E-state index in [4.69, 9.17) is 4.74 Å². The highest BCUT2D eigenvalue weighted by atomic mass is 16.5. The first-order valence-corrected chi connectivity index (χ1v) is 4.10. The van der Waals surface area contributed by atoms with Crippen molar-refractivity contribution in [3.63, 3.8) is 0 Å². The fourth-order valence-corrected chi connectivity index (χ4v) is 1.40. The number of ether oxygens (including phenoxy) is 1. The van der Waals surface area contributed by atoms with Gasteiger partial charge in [0.25, 0.3) is 0 Å². The first-order chi connectivity index (χ1) is 4.84. The molecule has 1 N–H and O–H groups in total. The smallest absolute Gasteiger partial charge is 0.0587 e. The predicted octanol–water partition coefficient (Wildman–Crippen LogP) is 1.18. The van der Waals surface area contributed by atoms with Crippen molar-refractivity contribution in [1.29, 1.82) is 0 Å². The molecule has 0 saturated carbocycles. The van der Waals surface area contributed by atoms with Crippen LogP contribution >= 0.6 is 0 Å². The van der Waals surface area contributed by atoms with Gasteiger partial charge in [0, 0.05) is 12.5 Å². The maximum atomic E-state index is 9.40. The molecule has 1 aliphatic heterocycles. The van der Waals surface area contributed by atoms with E-state index in [9.17, 15) is 5.11 Å². The van der Waals surface area contributed by atoms with Gasteiger partial charge in [0.1, 0.15) is 0 Å². The second kappa shape index (κ2) is 3.94. The van der Waals surface area contributed by atoms with Gasteiger partial charge >= 0.3 is 0 Å². The van der Waals surface area contributed by atoms with Gasteiger partial charge < -0.3 is 9.84 Å². The summed E-state index contributed by atoms with van der Waals surface area (Å²) < 4.78 is 5.25. The molecule has 1 rings (SSSR count). The van der Waals surface area contributed by atoms with E-state index in [2.05, 4.69) is 0 Å². The molecule has 2 atom stereocenters. The van der Waals surface area contributed by atoms with Gasteiger partial charge in [-0.05, 0) is 19.3 Å². The zero-order valence-corrected chi connectivity index (χ0v) is 6.55. The summed E-state index contributed by atoms with van der Waals surface area (Å²) in [5, 5.41) is 9.40. The van der Waals surface area contributed by atoms with E-state index in [0.717, 1.165) is 32.5 Å². The van der Waals surface area contributed by atoms with Crippen molar-refractivity contribution in [2.45, 2.75) is 32.3 Å². The highest BCUT2D eigenvalue weighted by molar-refractivity contribution is 4.69. The Kier molecular flexibility index (Phi) is 3.16. The van der Waals surface area contributed by atoms with Crippen LogP contribution in [0.1, 0.15) is 26.2 Å². The predicted molar refractivity (Wildman–Crippen MR) is 39.8 cm³/mol. The average Bonchev–Trinajstić information content (AvgIpc) is 2.05. The number of aliphatic hydroxyl groups is 1. The van der Waals surface area contributed by atoms with Crippen LogP contribution in [0.3, 0.4) is 0 Å². The van der Waals surface area contributed by atoms with E-state index in [1.165, 1.54) is 0 Å². The Balaban J connectivity index is 2.24. The van der Waals surface area contributed by atoms with Crippen molar-refractivity contribution in [1.82, 2.24) is 0 Å². The van der Waals surface area contributed by atoms with Crippen LogP contribution in [-0.4, -0.2) is 24.4 Å². The summed E-state index contributed by atoms with van der Waals surface area (Å²) >= 11 is 0. The molecular formula is C8H16O2. The summed E-state index contributed by atoms with van der Waals surface area (Å²) in [6.07, 6.45) is 2.96. The minimum Gasteiger partial charge on any atom is -0.393 e. The van der Waals surface area contributed by atoms with Crippen molar-refractivity contribution >= 4 is 0 Å². The normalized spacial score (nSPS) is 30.0. The molecule has 2 heteroatoms. The van der Waals surface area contributed by atoms with Gasteiger partial charge in [0.05, 0.1) is 12.7 Å². The Bertz CT molecular complexity index is 87.3. The Morgan fingerprint density at radius 2 is 2.50 bits per heavy atom. The number of hydrogen-bond donors (Lipinski definition) is 1. The topological polar surface area (TPSA) is 29.5 Å². The largest absolute Gasteiger partial charge is 0.393 e. The Hall–Kier alpha value is -0.0800. The monoisotopic (exact) mass is 144 g/mol. The fraction of sp³-hybridized carbons (Fsp3) is 1.00. The second-order valence-corrected chi connectivity index (χ2v) is 2.95. The van der Waals surface area contributed by atoms with Crippen LogP contribution in [0.25, 0.3) is 0 Å². The van der Waals surface area contributed by atoms with Crippen LogP contribution in [0, 0.1) is 5.92 Å². The van der Waals surface area contributed by atoms with Crippen molar-refractivity contribution in [3.8, 4) is 0 Å². The maximum Gasteiger partial charge on any atom is 0.0587 e. The second-order valence-electron chi connectivity index (χ2n) is 2.95. The quantitative estimate of drug-likeness (QED) is 0.630. The van der Waals surface area contributed by atoms with Crippen LogP contribution in [0.2, 0.25) is 0 Å². The van der Waals surface area contributed by atoms with Crippen molar-refractivity contribution in [2.24, 2.45) is 5.92 Å². The molecule has 0 aromatic heterocycles. The van der Waals surface area contributed by atoms with Crippen LogP contribution in [0.4, 0.5) is 0 Å². The van der Waals surface area contributed by atoms with Gasteiger partial charge in [0.15, 0.2) is 0 Å². The van der Waals surface area contributed by atoms with Crippen LogP contribution in [0.15, 0.2) is 0 Å². The molecule has 1 fully saturated rings. The van der Waals surface area contributed by atoms with E-state index in [1.54, 1.807) is 0 Å². The van der Waals surface area contributed by atoms with E-state index >= 15 is 0 Å². The van der Waals surface area contributed by atoms with Gasteiger partial charge in [-0.3, -0.25) is 0 Å². The standard InChI is InChI=1S/C8H16O2/c1-2-8(9)7-4-3-5-10-6-7/h7-9H,2-6H2,1H3/t7?,8-/m0/s1. The van der Waals surface area contributed by atoms with Gasteiger partial charge in [-0.1, -0.05) is 6.92 Å². The zero-order chi connectivity index (χ0) is 7.40. The molecule has 0 bridgehead atoms. The summed E-state index contributed by atoms with van der Waals surface area (Å²) in [7, 11) is 0. The van der Waals surface area contributed by atoms with Gasteiger partial charge in [-0.2, -0.15) is 0 Å². The SMILES string of the molecule is CC[C@H](O)C1CCCOC1. The number of hydrogen-bond acceptors (Lipinski definition) is 2. The molecule has 0 spiro atoms. The summed E-state index contributed by atoms with van der Waals surface area (Å²) in [6.45, 7) is 3.65. The average molecular weight is 144 g/mol. The third-order valence-corrected chi connectivity index (χ3v) is 2.16. The molecule has 0 amide bonds. The van der Waals surface area contributed by atoms with E-state index in [1.807, 2.05) is 6.92 Å². The van der Waals surface area contributed by atoms with E-state index in [-0.39, 0.29) is 6.10 Å². The minimum absolute atomic E-state index is 0.139. The molecule has 1 unspecified atom stereocenters. The number of aliphatic hydroxyl groups excluding tert-OH is 1. The molecule has 10 heavy (non-hydrogen) atoms. The van der Waals surface area contributed by atoms with Gasteiger partial charge in [-0.25, -0.2) is 0 Å². The van der Waals surface area contributed by atoms with E-state index in [0.29, 0.717) is 5.92 Å². The molecule has 60 valence electrons. The van der Waals surface area contributed by atoms with E-state index < -0.39 is 0 Å². The lowest BCUT2D eigenvalue weighted by Gasteiger charge is -2.25. The Morgan fingerprint density at radius 3 is 3.00 bits per heavy atom. The lowest BCUT2D eigenvalue weighted by atomic mass is 9.95. The van der Waals surface area contributed by atoms with Crippen molar-refractivity contribution < 1.29 is 9.84 Å². The lowest BCUT2D eigenvalue weighted by molar-refractivity contribution is -0.00997. The van der Waals surface area contributed by atoms with Crippen LogP contribution in [-0.2, 0) is 4.74 Å². The molecular weight excluding hydrogens is 128 g/mol. The molecule has 0 aromatic carbocycles. The highest BCUT2D eigenvalue weighted by Crippen LogP contribution is 2.18. The summed E-state index contributed by atoms with van der Waals surface area (Å²) in [6, 6.07) is 0. The number of rotatable bonds is 2. The van der Waals surface area contributed by atoms with Crippen LogP contribution < -0.4 is 0 Å². The fourth-order valence-electron chi connectivity index (χ4n) is 1.40. The highest BCUT2D eigenvalue weighted by Gasteiger charge is 2.20. The molecule has 0 aliphatic carbocycles. The Labute approximate surface area is 62.2 Å². The zero-order valence-electron chi connectivity index (χ0n) is 6.55. The van der Waals surface area contributed by atoms with Crippen LogP contribution in [0.5, 0.6) is 0 Å². The molecule has 1 heterocycles. The molecule has 2 nitrogen and oxygen atoms in total. The van der Waals surface area contributed by atoms with Crippen molar-refractivity contribution in [2.75, 3.05) is 13.2 Å². The minimum atomic E-state index is -0.139. The summed E-state index contributed by atoms with van der Waals surface area (Å²) in [5.41, 5.74) is 0. The lowest BCUT2D eigenvalue weighted by Crippen LogP contribution is -2.28. The first-order valence-electron chi connectivity index (χ1n) is 4.10.